The Bertz CT molecular complexity index is 745. The van der Waals surface area contributed by atoms with Gasteiger partial charge in [0.25, 0.3) is 0 Å². The first kappa shape index (κ1) is 17.3. The molecule has 0 unspecified atom stereocenters. The van der Waals surface area contributed by atoms with Crippen LogP contribution in [0.3, 0.4) is 0 Å². The van der Waals surface area contributed by atoms with Crippen LogP contribution in [0.5, 0.6) is 0 Å². The van der Waals surface area contributed by atoms with Crippen LogP contribution in [-0.4, -0.2) is 43.2 Å². The second-order valence-corrected chi connectivity index (χ2v) is 7.44. The fourth-order valence-electron chi connectivity index (χ4n) is 4.10. The summed E-state index contributed by atoms with van der Waals surface area (Å²) in [6.45, 7) is 3.47. The predicted octanol–water partition coefficient (Wildman–Crippen LogP) is 3.14. The van der Waals surface area contributed by atoms with Gasteiger partial charge in [0, 0.05) is 50.3 Å². The first-order valence-corrected chi connectivity index (χ1v) is 9.75. The number of amides is 1. The zero-order valence-corrected chi connectivity index (χ0v) is 15.2. The molecule has 5 heteroatoms. The topological polar surface area (TPSA) is 54.5 Å². The van der Waals surface area contributed by atoms with Gasteiger partial charge in [-0.25, -0.2) is 4.98 Å². The number of hydrogen-bond donors (Lipinski definition) is 1. The van der Waals surface area contributed by atoms with Crippen LogP contribution in [0.2, 0.25) is 0 Å². The van der Waals surface area contributed by atoms with Gasteiger partial charge in [-0.05, 0) is 43.1 Å². The first-order chi connectivity index (χ1) is 12.8. The molecule has 2 aliphatic heterocycles. The summed E-state index contributed by atoms with van der Waals surface area (Å²) in [4.78, 5) is 19.3. The number of nitrogens with zero attached hydrogens (tertiary/aromatic N) is 2. The summed E-state index contributed by atoms with van der Waals surface area (Å²) in [5.74, 6) is 1.76. The van der Waals surface area contributed by atoms with E-state index in [4.69, 9.17) is 4.74 Å². The lowest BCUT2D eigenvalue weighted by Crippen LogP contribution is -2.41. The number of benzene rings is 1. The lowest BCUT2D eigenvalue weighted by Gasteiger charge is -2.33. The molecular weight excluding hydrogens is 326 g/mol. The van der Waals surface area contributed by atoms with E-state index in [2.05, 4.69) is 45.5 Å². The second kappa shape index (κ2) is 8.04. The number of carbonyl (C=O) groups excluding carboxylic acids is 1. The van der Waals surface area contributed by atoms with E-state index in [9.17, 15) is 4.79 Å². The fourth-order valence-corrected chi connectivity index (χ4v) is 4.10. The molecular formula is C21H27N3O2. The molecule has 0 bridgehead atoms. The maximum absolute atomic E-state index is 12.3. The molecule has 2 saturated heterocycles. The lowest BCUT2D eigenvalue weighted by atomic mass is 9.92. The molecule has 0 atom stereocenters. The van der Waals surface area contributed by atoms with E-state index >= 15 is 0 Å². The highest BCUT2D eigenvalue weighted by molar-refractivity contribution is 5.92. The molecule has 2 aliphatic rings. The van der Waals surface area contributed by atoms with E-state index in [1.807, 2.05) is 6.20 Å². The summed E-state index contributed by atoms with van der Waals surface area (Å²) in [5, 5.41) is 5.63. The van der Waals surface area contributed by atoms with Crippen LogP contribution in [0.15, 0.2) is 36.5 Å². The van der Waals surface area contributed by atoms with Gasteiger partial charge in [0.1, 0.15) is 5.82 Å². The number of ether oxygens (including phenoxy) is 1. The summed E-state index contributed by atoms with van der Waals surface area (Å²) in [6.07, 6.45) is 6.52. The van der Waals surface area contributed by atoms with Gasteiger partial charge in [0.05, 0.1) is 0 Å². The average molecular weight is 353 g/mol. The van der Waals surface area contributed by atoms with Gasteiger partial charge >= 0.3 is 0 Å². The highest BCUT2D eigenvalue weighted by atomic mass is 16.5. The van der Waals surface area contributed by atoms with E-state index in [0.29, 0.717) is 18.4 Å². The third-order valence-corrected chi connectivity index (χ3v) is 5.63. The van der Waals surface area contributed by atoms with Crippen molar-refractivity contribution in [1.29, 1.82) is 0 Å². The summed E-state index contributed by atoms with van der Waals surface area (Å²) < 4.78 is 5.35. The zero-order chi connectivity index (χ0) is 17.8. The minimum absolute atomic E-state index is 0.207. The standard InChI is InChI=1S/C21H27N3O2/c25-20(23-18-8-13-26-14-9-18)15-16-6-11-24(12-7-16)21-19-4-2-1-3-17(19)5-10-22-21/h1-5,10,16,18H,6-9,11-15H2,(H,23,25). The summed E-state index contributed by atoms with van der Waals surface area (Å²) in [7, 11) is 0. The molecule has 138 valence electrons. The Kier molecular flexibility index (Phi) is 5.34. The smallest absolute Gasteiger partial charge is 0.220 e. The Morgan fingerprint density at radius 3 is 2.69 bits per heavy atom. The van der Waals surface area contributed by atoms with Crippen LogP contribution in [-0.2, 0) is 9.53 Å². The van der Waals surface area contributed by atoms with Gasteiger partial charge in [-0.15, -0.1) is 0 Å². The highest BCUT2D eigenvalue weighted by Crippen LogP contribution is 2.29. The molecule has 1 aromatic heterocycles. The third kappa shape index (κ3) is 3.98. The Hall–Kier alpha value is -2.14. The van der Waals surface area contributed by atoms with Crippen molar-refractivity contribution in [2.24, 2.45) is 5.92 Å². The van der Waals surface area contributed by atoms with Crippen LogP contribution in [0, 0.1) is 5.92 Å². The Morgan fingerprint density at radius 2 is 1.88 bits per heavy atom. The van der Waals surface area contributed by atoms with E-state index < -0.39 is 0 Å². The number of pyridine rings is 1. The monoisotopic (exact) mass is 353 g/mol. The van der Waals surface area contributed by atoms with Crippen LogP contribution in [0.1, 0.15) is 32.1 Å². The van der Waals surface area contributed by atoms with Gasteiger partial charge in [-0.1, -0.05) is 24.3 Å². The van der Waals surface area contributed by atoms with E-state index in [-0.39, 0.29) is 5.91 Å². The number of piperidine rings is 1. The van der Waals surface area contributed by atoms with Crippen LogP contribution >= 0.6 is 0 Å². The Balaban J connectivity index is 1.31. The van der Waals surface area contributed by atoms with Crippen molar-refractivity contribution in [2.45, 2.75) is 38.1 Å². The van der Waals surface area contributed by atoms with Gasteiger partial charge in [0.2, 0.25) is 5.91 Å². The predicted molar refractivity (Wildman–Crippen MR) is 103 cm³/mol. The number of aromatic nitrogens is 1. The van der Waals surface area contributed by atoms with E-state index in [0.717, 1.165) is 57.8 Å². The van der Waals surface area contributed by atoms with Gasteiger partial charge in [-0.2, -0.15) is 0 Å². The average Bonchev–Trinajstić information content (AvgIpc) is 2.69. The molecule has 5 nitrogen and oxygen atoms in total. The second-order valence-electron chi connectivity index (χ2n) is 7.44. The van der Waals surface area contributed by atoms with Crippen molar-refractivity contribution in [3.8, 4) is 0 Å². The van der Waals surface area contributed by atoms with Gasteiger partial charge < -0.3 is 15.0 Å². The van der Waals surface area contributed by atoms with Crippen LogP contribution in [0.25, 0.3) is 10.8 Å². The molecule has 1 amide bonds. The van der Waals surface area contributed by atoms with Gasteiger partial charge in [-0.3, -0.25) is 4.79 Å². The number of fused-ring (bicyclic) bond motifs is 1. The van der Waals surface area contributed by atoms with Crippen LogP contribution in [0.4, 0.5) is 5.82 Å². The number of carbonyl (C=O) groups is 1. The SMILES string of the molecule is O=C(CC1CCN(c2nccc3ccccc23)CC1)NC1CCOCC1. The van der Waals surface area contributed by atoms with Crippen LogP contribution < -0.4 is 10.2 Å². The molecule has 26 heavy (non-hydrogen) atoms. The van der Waals surface area contributed by atoms with Crippen molar-refractivity contribution >= 4 is 22.5 Å². The first-order valence-electron chi connectivity index (χ1n) is 9.75. The highest BCUT2D eigenvalue weighted by Gasteiger charge is 2.24. The maximum Gasteiger partial charge on any atom is 0.220 e. The normalized spacial score (nSPS) is 19.6. The number of nitrogens with one attached hydrogen (secondary N) is 1. The van der Waals surface area contributed by atoms with E-state index in [1.165, 1.54) is 10.8 Å². The minimum atomic E-state index is 0.207. The molecule has 0 aliphatic carbocycles. The fraction of sp³-hybridized carbons (Fsp3) is 0.524. The van der Waals surface area contributed by atoms with Crippen molar-refractivity contribution in [1.82, 2.24) is 10.3 Å². The van der Waals surface area contributed by atoms with E-state index in [1.54, 1.807) is 0 Å². The van der Waals surface area contributed by atoms with Crippen molar-refractivity contribution in [3.05, 3.63) is 36.5 Å². The summed E-state index contributed by atoms with van der Waals surface area (Å²) in [5.41, 5.74) is 0. The zero-order valence-electron chi connectivity index (χ0n) is 15.2. The van der Waals surface area contributed by atoms with Crippen molar-refractivity contribution < 1.29 is 9.53 Å². The molecule has 2 aromatic rings. The molecule has 1 N–H and O–H groups in total. The third-order valence-electron chi connectivity index (χ3n) is 5.63. The quantitative estimate of drug-likeness (QED) is 0.917. The lowest BCUT2D eigenvalue weighted by molar-refractivity contribution is -0.123. The van der Waals surface area contributed by atoms with Crippen molar-refractivity contribution in [2.75, 3.05) is 31.2 Å². The summed E-state index contributed by atoms with van der Waals surface area (Å²) >= 11 is 0. The molecule has 3 heterocycles. The summed E-state index contributed by atoms with van der Waals surface area (Å²) in [6, 6.07) is 10.8. The van der Waals surface area contributed by atoms with Crippen molar-refractivity contribution in [3.63, 3.8) is 0 Å². The maximum atomic E-state index is 12.3. The van der Waals surface area contributed by atoms with Gasteiger partial charge in [0.15, 0.2) is 0 Å². The molecule has 4 rings (SSSR count). The Labute approximate surface area is 154 Å². The number of anilines is 1. The minimum Gasteiger partial charge on any atom is -0.381 e. The number of hydrogen-bond acceptors (Lipinski definition) is 4. The molecule has 0 saturated carbocycles. The molecule has 0 spiro atoms. The largest absolute Gasteiger partial charge is 0.381 e. The molecule has 2 fully saturated rings. The Morgan fingerprint density at radius 1 is 1.12 bits per heavy atom. The number of rotatable bonds is 4. The molecule has 1 aromatic carbocycles. The molecule has 0 radical (unpaired) electrons.